The summed E-state index contributed by atoms with van der Waals surface area (Å²) >= 11 is 6.09. The van der Waals surface area contributed by atoms with E-state index in [-0.39, 0.29) is 18.6 Å². The van der Waals surface area contributed by atoms with Crippen molar-refractivity contribution in [3.05, 3.63) is 34.9 Å². The number of nitrogens with one attached hydrogen (secondary N) is 2. The van der Waals surface area contributed by atoms with Gasteiger partial charge in [0.25, 0.3) is 0 Å². The monoisotopic (exact) mass is 310 g/mol. The zero-order valence-electron chi connectivity index (χ0n) is 12.4. The fraction of sp³-hybridized carbons (Fsp3) is 0.562. The van der Waals surface area contributed by atoms with Crippen LogP contribution in [-0.2, 0) is 9.53 Å². The summed E-state index contributed by atoms with van der Waals surface area (Å²) in [6.07, 6.45) is 2.13. The van der Waals surface area contributed by atoms with Crippen LogP contribution in [0, 0.1) is 5.92 Å². The predicted octanol–water partition coefficient (Wildman–Crippen LogP) is 2.53. The molecule has 0 bridgehead atoms. The molecule has 2 N–H and O–H groups in total. The van der Waals surface area contributed by atoms with Gasteiger partial charge in [0.05, 0.1) is 6.10 Å². The zero-order chi connectivity index (χ0) is 15.1. The highest BCUT2D eigenvalue weighted by molar-refractivity contribution is 6.30. The van der Waals surface area contributed by atoms with E-state index >= 15 is 0 Å². The van der Waals surface area contributed by atoms with Crippen LogP contribution in [0.1, 0.15) is 31.4 Å². The Hall–Kier alpha value is -1.10. The maximum Gasteiger partial charge on any atom is 0.246 e. The number of amides is 1. The van der Waals surface area contributed by atoms with Crippen molar-refractivity contribution in [2.45, 2.75) is 25.9 Å². The molecule has 1 aromatic carbocycles. The van der Waals surface area contributed by atoms with Crippen molar-refractivity contribution in [2.75, 3.05) is 26.2 Å². The summed E-state index contributed by atoms with van der Waals surface area (Å²) in [7, 11) is 0. The van der Waals surface area contributed by atoms with Crippen molar-refractivity contribution in [2.24, 2.45) is 5.92 Å². The molecule has 1 unspecified atom stereocenters. The Kier molecular flexibility index (Phi) is 6.49. The molecule has 0 saturated carbocycles. The van der Waals surface area contributed by atoms with E-state index in [9.17, 15) is 4.79 Å². The lowest BCUT2D eigenvalue weighted by molar-refractivity contribution is -0.129. The molecule has 4 nitrogen and oxygen atoms in total. The third kappa shape index (κ3) is 4.99. The van der Waals surface area contributed by atoms with E-state index in [1.807, 2.05) is 31.2 Å². The number of piperidine rings is 1. The van der Waals surface area contributed by atoms with Gasteiger partial charge in [-0.2, -0.15) is 0 Å². The summed E-state index contributed by atoms with van der Waals surface area (Å²) in [6, 6.07) is 7.73. The number of ether oxygens (including phenoxy) is 1. The molecule has 116 valence electrons. The van der Waals surface area contributed by atoms with Crippen LogP contribution in [0.15, 0.2) is 24.3 Å². The second-order valence-corrected chi connectivity index (χ2v) is 5.78. The molecule has 1 amide bonds. The molecule has 1 heterocycles. The Morgan fingerprint density at radius 2 is 2.43 bits per heavy atom. The first kappa shape index (κ1) is 16.3. The normalized spacial score (nSPS) is 20.0. The molecule has 1 saturated heterocycles. The van der Waals surface area contributed by atoms with Gasteiger partial charge in [0.1, 0.15) is 6.61 Å². The lowest BCUT2D eigenvalue weighted by Crippen LogP contribution is -2.36. The van der Waals surface area contributed by atoms with Crippen LogP contribution in [0.3, 0.4) is 0 Å². The molecule has 1 aliphatic rings. The Labute approximate surface area is 131 Å². The summed E-state index contributed by atoms with van der Waals surface area (Å²) < 4.78 is 5.93. The van der Waals surface area contributed by atoms with Crippen LogP contribution in [0.4, 0.5) is 0 Å². The van der Waals surface area contributed by atoms with Gasteiger partial charge in [0, 0.05) is 24.0 Å². The maximum atomic E-state index is 11.7. The zero-order valence-corrected chi connectivity index (χ0v) is 13.2. The van der Waals surface area contributed by atoms with Crippen molar-refractivity contribution >= 4 is 17.5 Å². The van der Waals surface area contributed by atoms with Gasteiger partial charge in [0.2, 0.25) is 5.91 Å². The van der Waals surface area contributed by atoms with Crippen molar-refractivity contribution < 1.29 is 9.53 Å². The summed E-state index contributed by atoms with van der Waals surface area (Å²) in [5.74, 6) is 0.292. The van der Waals surface area contributed by atoms with E-state index in [2.05, 4.69) is 10.6 Å². The van der Waals surface area contributed by atoms with Crippen molar-refractivity contribution in [1.29, 1.82) is 0 Å². The Morgan fingerprint density at radius 1 is 1.57 bits per heavy atom. The SMILES string of the molecule is CCNC(=O)COC(c1cccc(Cl)c1)[C@@H]1CCCNC1. The van der Waals surface area contributed by atoms with Gasteiger partial charge in [-0.25, -0.2) is 0 Å². The van der Waals surface area contributed by atoms with Crippen LogP contribution in [-0.4, -0.2) is 32.1 Å². The summed E-state index contributed by atoms with van der Waals surface area (Å²) in [5, 5.41) is 6.86. The topological polar surface area (TPSA) is 50.4 Å². The second kappa shape index (κ2) is 8.37. The number of likely N-dealkylation sites (N-methyl/N-ethyl adjacent to an activating group) is 1. The highest BCUT2D eigenvalue weighted by Crippen LogP contribution is 2.31. The number of hydrogen-bond donors (Lipinski definition) is 2. The van der Waals surface area contributed by atoms with E-state index in [1.165, 1.54) is 0 Å². The van der Waals surface area contributed by atoms with Crippen LogP contribution >= 0.6 is 11.6 Å². The largest absolute Gasteiger partial charge is 0.363 e. The van der Waals surface area contributed by atoms with Gasteiger partial charge in [-0.05, 0) is 44.0 Å². The minimum absolute atomic E-state index is 0.0757. The molecule has 1 aromatic rings. The Morgan fingerprint density at radius 3 is 3.10 bits per heavy atom. The summed E-state index contributed by atoms with van der Waals surface area (Å²) in [5.41, 5.74) is 1.04. The van der Waals surface area contributed by atoms with Gasteiger partial charge in [-0.15, -0.1) is 0 Å². The van der Waals surface area contributed by atoms with Crippen molar-refractivity contribution in [3.8, 4) is 0 Å². The van der Waals surface area contributed by atoms with Gasteiger partial charge < -0.3 is 15.4 Å². The van der Waals surface area contributed by atoms with E-state index in [0.29, 0.717) is 17.5 Å². The highest BCUT2D eigenvalue weighted by atomic mass is 35.5. The molecule has 0 spiro atoms. The molecule has 0 aromatic heterocycles. The van der Waals surface area contributed by atoms with E-state index in [1.54, 1.807) is 0 Å². The lowest BCUT2D eigenvalue weighted by atomic mass is 9.89. The van der Waals surface area contributed by atoms with Crippen molar-refractivity contribution in [1.82, 2.24) is 10.6 Å². The Bertz CT molecular complexity index is 461. The molecule has 2 atom stereocenters. The van der Waals surface area contributed by atoms with Crippen molar-refractivity contribution in [3.63, 3.8) is 0 Å². The number of halogens is 1. The molecule has 21 heavy (non-hydrogen) atoms. The first-order valence-electron chi connectivity index (χ1n) is 7.55. The molecule has 5 heteroatoms. The molecule has 0 aliphatic carbocycles. The number of hydrogen-bond acceptors (Lipinski definition) is 3. The fourth-order valence-corrected chi connectivity index (χ4v) is 2.94. The van der Waals surface area contributed by atoms with Crippen LogP contribution in [0.5, 0.6) is 0 Å². The van der Waals surface area contributed by atoms with Gasteiger partial charge >= 0.3 is 0 Å². The van der Waals surface area contributed by atoms with Gasteiger partial charge in [-0.3, -0.25) is 4.79 Å². The molecular weight excluding hydrogens is 288 g/mol. The van der Waals surface area contributed by atoms with E-state index < -0.39 is 0 Å². The van der Waals surface area contributed by atoms with Gasteiger partial charge in [0.15, 0.2) is 0 Å². The van der Waals surface area contributed by atoms with E-state index in [4.69, 9.17) is 16.3 Å². The Balaban J connectivity index is 2.07. The fourth-order valence-electron chi connectivity index (χ4n) is 2.74. The summed E-state index contributed by atoms with van der Waals surface area (Å²) in [4.78, 5) is 11.7. The average molecular weight is 311 g/mol. The number of benzene rings is 1. The maximum absolute atomic E-state index is 11.7. The number of carbonyl (C=O) groups excluding carboxylic acids is 1. The predicted molar refractivity (Wildman–Crippen MR) is 84.4 cm³/mol. The minimum Gasteiger partial charge on any atom is -0.363 e. The summed E-state index contributed by atoms with van der Waals surface area (Å²) in [6.45, 7) is 4.57. The smallest absolute Gasteiger partial charge is 0.246 e. The second-order valence-electron chi connectivity index (χ2n) is 5.35. The van der Waals surface area contributed by atoms with Crippen LogP contribution in [0.25, 0.3) is 0 Å². The van der Waals surface area contributed by atoms with Gasteiger partial charge in [-0.1, -0.05) is 23.7 Å². The van der Waals surface area contributed by atoms with Crippen LogP contribution in [0.2, 0.25) is 5.02 Å². The van der Waals surface area contributed by atoms with Crippen LogP contribution < -0.4 is 10.6 Å². The number of carbonyl (C=O) groups is 1. The standard InChI is InChI=1S/C16H23ClN2O2/c1-2-19-15(20)11-21-16(13-6-4-8-18-10-13)12-5-3-7-14(17)9-12/h3,5,7,9,13,16,18H,2,4,6,8,10-11H2,1H3,(H,19,20)/t13-,16?/m1/s1. The lowest BCUT2D eigenvalue weighted by Gasteiger charge is -2.31. The highest BCUT2D eigenvalue weighted by Gasteiger charge is 2.26. The quantitative estimate of drug-likeness (QED) is 0.849. The van der Waals surface area contributed by atoms with E-state index in [0.717, 1.165) is 31.5 Å². The third-order valence-corrected chi connectivity index (χ3v) is 3.94. The molecule has 0 radical (unpaired) electrons. The molecule has 1 fully saturated rings. The number of rotatable bonds is 6. The minimum atomic E-state index is -0.0980. The average Bonchev–Trinajstić information content (AvgIpc) is 2.49. The first-order valence-corrected chi connectivity index (χ1v) is 7.93. The molecular formula is C16H23ClN2O2. The molecule has 2 rings (SSSR count). The first-order chi connectivity index (χ1) is 10.2. The molecule has 1 aliphatic heterocycles. The third-order valence-electron chi connectivity index (χ3n) is 3.71.